The molecule has 3 aromatic heterocycles. The van der Waals surface area contributed by atoms with Crippen LogP contribution in [0, 0.1) is 0 Å². The number of nitrogens with zero attached hydrogens (tertiary/aromatic N) is 2. The molecule has 0 radical (unpaired) electrons. The van der Waals surface area contributed by atoms with Gasteiger partial charge in [0.25, 0.3) is 0 Å². The van der Waals surface area contributed by atoms with Crippen LogP contribution in [0.1, 0.15) is 0 Å². The van der Waals surface area contributed by atoms with Crippen molar-refractivity contribution in [2.24, 2.45) is 0 Å². The van der Waals surface area contributed by atoms with Crippen LogP contribution in [0.3, 0.4) is 0 Å². The molecule has 0 aliphatic carbocycles. The standard InChI is InChI=1S/C36H22N2O/c1-3-11-23(12-4-1)37-30-17-9-7-16-29(30)33-31(37)22-21-26-27-19-20-28-25-15-8-10-18-32(25)39-36(28)35(27)38(34(26)33)24-13-5-2-6-14-24/h1-22H. The van der Waals surface area contributed by atoms with E-state index >= 15 is 0 Å². The number of rotatable bonds is 2. The number of aromatic nitrogens is 2. The molecule has 0 saturated carbocycles. The van der Waals surface area contributed by atoms with Gasteiger partial charge in [-0.05, 0) is 48.5 Å². The molecule has 0 spiro atoms. The molecular weight excluding hydrogens is 476 g/mol. The van der Waals surface area contributed by atoms with Gasteiger partial charge in [0.05, 0.1) is 22.1 Å². The summed E-state index contributed by atoms with van der Waals surface area (Å²) in [6, 6.07) is 47.4. The lowest BCUT2D eigenvalue weighted by molar-refractivity contribution is 0.671. The minimum Gasteiger partial charge on any atom is -0.454 e. The van der Waals surface area contributed by atoms with Gasteiger partial charge in [0, 0.05) is 43.7 Å². The molecule has 0 fully saturated rings. The Kier molecular flexibility index (Phi) is 4.05. The minimum absolute atomic E-state index is 0.913. The van der Waals surface area contributed by atoms with Crippen molar-refractivity contribution in [1.29, 1.82) is 0 Å². The summed E-state index contributed by atoms with van der Waals surface area (Å²) < 4.78 is 11.4. The Morgan fingerprint density at radius 3 is 1.77 bits per heavy atom. The topological polar surface area (TPSA) is 23.0 Å². The normalized spacial score (nSPS) is 12.1. The van der Waals surface area contributed by atoms with Crippen LogP contribution < -0.4 is 0 Å². The number of hydrogen-bond acceptors (Lipinski definition) is 1. The molecule has 0 aliphatic rings. The van der Waals surface area contributed by atoms with Crippen LogP contribution in [0.25, 0.3) is 76.9 Å². The first-order chi connectivity index (χ1) is 19.4. The van der Waals surface area contributed by atoms with Crippen molar-refractivity contribution in [3.05, 3.63) is 133 Å². The average molecular weight is 499 g/mol. The molecule has 3 nitrogen and oxygen atoms in total. The van der Waals surface area contributed by atoms with Crippen LogP contribution in [0.4, 0.5) is 0 Å². The SMILES string of the molecule is c1ccc(-n2c3ccccc3c3c2ccc2c4ccc5c6ccccc6oc5c4n(-c4ccccc4)c23)cc1. The van der Waals surface area contributed by atoms with E-state index in [1.165, 1.54) is 38.1 Å². The van der Waals surface area contributed by atoms with E-state index in [1.54, 1.807) is 0 Å². The molecule has 0 bridgehead atoms. The van der Waals surface area contributed by atoms with Crippen molar-refractivity contribution in [2.45, 2.75) is 0 Å². The molecule has 6 aromatic carbocycles. The smallest absolute Gasteiger partial charge is 0.160 e. The summed E-state index contributed by atoms with van der Waals surface area (Å²) in [5.74, 6) is 0. The second-order valence-corrected chi connectivity index (χ2v) is 10.2. The van der Waals surface area contributed by atoms with E-state index in [1.807, 2.05) is 6.07 Å². The Morgan fingerprint density at radius 2 is 0.974 bits per heavy atom. The highest BCUT2D eigenvalue weighted by Crippen LogP contribution is 2.44. The van der Waals surface area contributed by atoms with Gasteiger partial charge in [-0.25, -0.2) is 0 Å². The molecule has 0 amide bonds. The number of benzene rings is 6. The van der Waals surface area contributed by atoms with Crippen LogP contribution in [-0.2, 0) is 0 Å². The fourth-order valence-corrected chi connectivity index (χ4v) is 6.51. The zero-order valence-corrected chi connectivity index (χ0v) is 21.0. The Bertz CT molecular complexity index is 2370. The van der Waals surface area contributed by atoms with Gasteiger partial charge in [-0.1, -0.05) is 84.9 Å². The summed E-state index contributed by atoms with van der Waals surface area (Å²) in [5, 5.41) is 7.18. The van der Waals surface area contributed by atoms with Gasteiger partial charge in [-0.3, -0.25) is 0 Å². The molecule has 0 aliphatic heterocycles. The first-order valence-electron chi connectivity index (χ1n) is 13.3. The predicted octanol–water partition coefficient (Wildman–Crippen LogP) is 9.78. The largest absolute Gasteiger partial charge is 0.454 e. The van der Waals surface area contributed by atoms with Crippen molar-refractivity contribution in [3.8, 4) is 11.4 Å². The summed E-state index contributed by atoms with van der Waals surface area (Å²) in [7, 11) is 0. The summed E-state index contributed by atoms with van der Waals surface area (Å²) in [4.78, 5) is 0. The van der Waals surface area contributed by atoms with E-state index in [0.717, 1.165) is 38.8 Å². The molecular formula is C36H22N2O. The van der Waals surface area contributed by atoms with E-state index in [9.17, 15) is 0 Å². The molecule has 0 saturated heterocycles. The van der Waals surface area contributed by atoms with E-state index in [2.05, 4.69) is 137 Å². The van der Waals surface area contributed by atoms with Gasteiger partial charge in [0.2, 0.25) is 0 Å². The van der Waals surface area contributed by atoms with Gasteiger partial charge >= 0.3 is 0 Å². The van der Waals surface area contributed by atoms with Crippen LogP contribution in [0.5, 0.6) is 0 Å². The third-order valence-corrected chi connectivity index (χ3v) is 8.10. The lowest BCUT2D eigenvalue weighted by Crippen LogP contribution is -1.95. The van der Waals surface area contributed by atoms with Crippen LogP contribution in [0.2, 0.25) is 0 Å². The Labute approximate surface area is 223 Å². The number of hydrogen-bond donors (Lipinski definition) is 0. The van der Waals surface area contributed by atoms with Crippen LogP contribution in [-0.4, -0.2) is 9.13 Å². The fraction of sp³-hybridized carbons (Fsp3) is 0. The van der Waals surface area contributed by atoms with Crippen molar-refractivity contribution >= 4 is 65.6 Å². The van der Waals surface area contributed by atoms with Crippen LogP contribution >= 0.6 is 0 Å². The van der Waals surface area contributed by atoms with Gasteiger partial charge in [-0.15, -0.1) is 0 Å². The van der Waals surface area contributed by atoms with Gasteiger partial charge < -0.3 is 13.6 Å². The molecule has 3 heterocycles. The van der Waals surface area contributed by atoms with E-state index in [0.29, 0.717) is 0 Å². The Balaban J connectivity index is 1.58. The van der Waals surface area contributed by atoms with Crippen molar-refractivity contribution in [2.75, 3.05) is 0 Å². The molecule has 3 heteroatoms. The first-order valence-corrected chi connectivity index (χ1v) is 13.3. The summed E-state index contributed by atoms with van der Waals surface area (Å²) in [6.45, 7) is 0. The molecule has 0 atom stereocenters. The maximum Gasteiger partial charge on any atom is 0.160 e. The molecule has 39 heavy (non-hydrogen) atoms. The van der Waals surface area contributed by atoms with E-state index < -0.39 is 0 Å². The second kappa shape index (κ2) is 7.62. The lowest BCUT2D eigenvalue weighted by atomic mass is 10.1. The van der Waals surface area contributed by atoms with Gasteiger partial charge in [-0.2, -0.15) is 0 Å². The molecule has 9 rings (SSSR count). The monoisotopic (exact) mass is 498 g/mol. The summed E-state index contributed by atoms with van der Waals surface area (Å²) >= 11 is 0. The lowest BCUT2D eigenvalue weighted by Gasteiger charge is -2.10. The number of furan rings is 1. The molecule has 0 N–H and O–H groups in total. The van der Waals surface area contributed by atoms with Crippen molar-refractivity contribution < 1.29 is 4.42 Å². The van der Waals surface area contributed by atoms with Gasteiger partial charge in [0.15, 0.2) is 5.58 Å². The van der Waals surface area contributed by atoms with Crippen molar-refractivity contribution in [1.82, 2.24) is 9.13 Å². The maximum atomic E-state index is 6.61. The predicted molar refractivity (Wildman–Crippen MR) is 162 cm³/mol. The first kappa shape index (κ1) is 20.7. The van der Waals surface area contributed by atoms with Crippen LogP contribution in [0.15, 0.2) is 138 Å². The quantitative estimate of drug-likeness (QED) is 0.233. The fourth-order valence-electron chi connectivity index (χ4n) is 6.51. The second-order valence-electron chi connectivity index (χ2n) is 10.2. The van der Waals surface area contributed by atoms with Gasteiger partial charge in [0.1, 0.15) is 5.58 Å². The highest BCUT2D eigenvalue weighted by Gasteiger charge is 2.23. The summed E-state index contributed by atoms with van der Waals surface area (Å²) in [5.41, 5.74) is 8.81. The zero-order valence-electron chi connectivity index (χ0n) is 21.0. The third kappa shape index (κ3) is 2.71. The number of para-hydroxylation sites is 4. The molecule has 9 aromatic rings. The Hall–Kier alpha value is -5.28. The maximum absolute atomic E-state index is 6.61. The highest BCUT2D eigenvalue weighted by atomic mass is 16.3. The van der Waals surface area contributed by atoms with Crippen molar-refractivity contribution in [3.63, 3.8) is 0 Å². The van der Waals surface area contributed by atoms with E-state index in [4.69, 9.17) is 4.42 Å². The third-order valence-electron chi connectivity index (χ3n) is 8.10. The molecule has 182 valence electrons. The minimum atomic E-state index is 0.913. The molecule has 0 unspecified atom stereocenters. The zero-order chi connectivity index (χ0) is 25.5. The Morgan fingerprint density at radius 1 is 0.385 bits per heavy atom. The summed E-state index contributed by atoms with van der Waals surface area (Å²) in [6.07, 6.45) is 0. The average Bonchev–Trinajstić information content (AvgIpc) is 3.65. The number of fused-ring (bicyclic) bond motifs is 11. The van der Waals surface area contributed by atoms with E-state index in [-0.39, 0.29) is 0 Å². The highest BCUT2D eigenvalue weighted by molar-refractivity contribution is 6.29.